The average molecular weight is 482 g/mol. The van der Waals surface area contributed by atoms with Crippen LogP contribution in [0.2, 0.25) is 0 Å². The Labute approximate surface area is 201 Å². The highest BCUT2D eigenvalue weighted by atomic mass is 16.5. The van der Waals surface area contributed by atoms with E-state index < -0.39 is 29.9 Å². The number of rotatable bonds is 10. The number of nitrogens with one attached hydrogen (secondary N) is 2. The van der Waals surface area contributed by atoms with Gasteiger partial charge in [0.25, 0.3) is 0 Å². The molecule has 1 saturated heterocycles. The SMILES string of the molecule is NN=Cc1ccc(N2CC[C@@H](CC(=O)NC[C@H](NC(=O)OCc3ccccc3)C(=O)O)C2=O)cc1. The van der Waals surface area contributed by atoms with Crippen LogP contribution in [-0.4, -0.2) is 54.3 Å². The lowest BCUT2D eigenvalue weighted by Gasteiger charge is -2.18. The molecule has 1 heterocycles. The lowest BCUT2D eigenvalue weighted by molar-refractivity contribution is -0.139. The fraction of sp³-hybridized carbons (Fsp3) is 0.292. The number of carboxylic acids is 1. The van der Waals surface area contributed by atoms with Gasteiger partial charge in [0, 0.05) is 31.1 Å². The highest BCUT2D eigenvalue weighted by molar-refractivity contribution is 5.99. The summed E-state index contributed by atoms with van der Waals surface area (Å²) in [7, 11) is 0. The highest BCUT2D eigenvalue weighted by Crippen LogP contribution is 2.27. The van der Waals surface area contributed by atoms with E-state index in [4.69, 9.17) is 10.6 Å². The number of anilines is 1. The van der Waals surface area contributed by atoms with Crippen molar-refractivity contribution in [2.75, 3.05) is 18.0 Å². The molecule has 2 atom stereocenters. The third-order valence-electron chi connectivity index (χ3n) is 5.48. The second-order valence-corrected chi connectivity index (χ2v) is 7.95. The summed E-state index contributed by atoms with van der Waals surface area (Å²) < 4.78 is 5.02. The van der Waals surface area contributed by atoms with E-state index in [0.717, 1.165) is 11.1 Å². The number of carboxylic acid groups (broad SMARTS) is 1. The number of hydrogen-bond acceptors (Lipinski definition) is 7. The molecule has 11 nitrogen and oxygen atoms in total. The number of amides is 3. The van der Waals surface area contributed by atoms with Crippen molar-refractivity contribution in [1.82, 2.24) is 10.6 Å². The molecule has 11 heteroatoms. The molecular weight excluding hydrogens is 454 g/mol. The number of ether oxygens (including phenoxy) is 1. The molecule has 2 aromatic carbocycles. The van der Waals surface area contributed by atoms with Crippen molar-refractivity contribution in [3.05, 3.63) is 65.7 Å². The van der Waals surface area contributed by atoms with E-state index in [-0.39, 0.29) is 25.5 Å². The molecular formula is C24H27N5O6. The molecule has 1 fully saturated rings. The lowest BCUT2D eigenvalue weighted by Crippen LogP contribution is -2.48. The van der Waals surface area contributed by atoms with Crippen molar-refractivity contribution in [1.29, 1.82) is 0 Å². The van der Waals surface area contributed by atoms with Crippen molar-refractivity contribution in [3.8, 4) is 0 Å². The van der Waals surface area contributed by atoms with E-state index in [0.29, 0.717) is 18.7 Å². The minimum atomic E-state index is -1.38. The van der Waals surface area contributed by atoms with Gasteiger partial charge in [-0.3, -0.25) is 9.59 Å². The average Bonchev–Trinajstić information content (AvgIpc) is 3.21. The van der Waals surface area contributed by atoms with Crippen LogP contribution >= 0.6 is 0 Å². The molecule has 0 saturated carbocycles. The Balaban J connectivity index is 1.45. The molecule has 5 N–H and O–H groups in total. The molecule has 3 amide bonds. The number of hydrazone groups is 1. The quantitative estimate of drug-likeness (QED) is 0.225. The van der Waals surface area contributed by atoms with Crippen LogP contribution in [0.5, 0.6) is 0 Å². The summed E-state index contributed by atoms with van der Waals surface area (Å²) in [5.74, 6) is 2.62. The molecule has 1 aliphatic heterocycles. The number of alkyl carbamates (subject to hydrolysis) is 1. The van der Waals surface area contributed by atoms with Crippen LogP contribution < -0.4 is 21.4 Å². The van der Waals surface area contributed by atoms with Crippen molar-refractivity contribution >= 4 is 35.8 Å². The Morgan fingerprint density at radius 3 is 2.54 bits per heavy atom. The smallest absolute Gasteiger partial charge is 0.408 e. The van der Waals surface area contributed by atoms with Gasteiger partial charge in [0.2, 0.25) is 11.8 Å². The Hall–Kier alpha value is -4.41. The number of nitrogens with two attached hydrogens (primary N) is 1. The van der Waals surface area contributed by atoms with E-state index in [1.807, 2.05) is 6.07 Å². The Bertz CT molecular complexity index is 1070. The predicted molar refractivity (Wildman–Crippen MR) is 127 cm³/mol. The first-order chi connectivity index (χ1) is 16.9. The first kappa shape index (κ1) is 25.2. The molecule has 2 aromatic rings. The minimum absolute atomic E-state index is 0.0189. The molecule has 3 rings (SSSR count). The van der Waals surface area contributed by atoms with Crippen LogP contribution in [0, 0.1) is 5.92 Å². The summed E-state index contributed by atoms with van der Waals surface area (Å²) in [6.45, 7) is 0.103. The third kappa shape index (κ3) is 7.29. The normalized spacial score (nSPS) is 16.2. The van der Waals surface area contributed by atoms with Gasteiger partial charge >= 0.3 is 12.1 Å². The van der Waals surface area contributed by atoms with E-state index in [2.05, 4.69) is 15.7 Å². The molecule has 1 aliphatic rings. The maximum Gasteiger partial charge on any atom is 0.408 e. The summed E-state index contributed by atoms with van der Waals surface area (Å²) >= 11 is 0. The summed E-state index contributed by atoms with van der Waals surface area (Å²) in [6.07, 6.45) is 0.981. The van der Waals surface area contributed by atoms with Crippen molar-refractivity contribution < 1.29 is 29.0 Å². The first-order valence-corrected chi connectivity index (χ1v) is 11.0. The zero-order valence-corrected chi connectivity index (χ0v) is 18.9. The number of carbonyl (C=O) groups is 4. The molecule has 35 heavy (non-hydrogen) atoms. The number of benzene rings is 2. The number of nitrogens with zero attached hydrogens (tertiary/aromatic N) is 2. The fourth-order valence-electron chi connectivity index (χ4n) is 3.63. The van der Waals surface area contributed by atoms with Gasteiger partial charge in [0.05, 0.1) is 6.21 Å². The van der Waals surface area contributed by atoms with Gasteiger partial charge in [0.15, 0.2) is 0 Å². The fourth-order valence-corrected chi connectivity index (χ4v) is 3.63. The monoisotopic (exact) mass is 481 g/mol. The zero-order chi connectivity index (χ0) is 25.2. The maximum absolute atomic E-state index is 12.8. The largest absolute Gasteiger partial charge is 0.480 e. The van der Waals surface area contributed by atoms with Crippen LogP contribution in [0.15, 0.2) is 59.7 Å². The van der Waals surface area contributed by atoms with Gasteiger partial charge in [-0.05, 0) is 29.7 Å². The molecule has 0 aromatic heterocycles. The topological polar surface area (TPSA) is 163 Å². The van der Waals surface area contributed by atoms with Gasteiger partial charge in [-0.15, -0.1) is 0 Å². The van der Waals surface area contributed by atoms with Crippen LogP contribution in [0.4, 0.5) is 10.5 Å². The van der Waals surface area contributed by atoms with Crippen molar-refractivity contribution in [3.63, 3.8) is 0 Å². The molecule has 0 radical (unpaired) electrons. The van der Waals surface area contributed by atoms with Gasteiger partial charge in [-0.25, -0.2) is 9.59 Å². The Kier molecular flexibility index (Phi) is 8.76. The van der Waals surface area contributed by atoms with E-state index in [9.17, 15) is 24.3 Å². The number of carbonyl (C=O) groups excluding carboxylic acids is 3. The second-order valence-electron chi connectivity index (χ2n) is 7.95. The molecule has 184 valence electrons. The molecule has 0 unspecified atom stereocenters. The van der Waals surface area contributed by atoms with Gasteiger partial charge < -0.3 is 31.2 Å². The Morgan fingerprint density at radius 2 is 1.89 bits per heavy atom. The molecule has 0 bridgehead atoms. The lowest BCUT2D eigenvalue weighted by atomic mass is 10.0. The number of aliphatic carboxylic acids is 1. The van der Waals surface area contributed by atoms with Crippen molar-refractivity contribution in [2.24, 2.45) is 16.9 Å². The van der Waals surface area contributed by atoms with Crippen molar-refractivity contribution in [2.45, 2.75) is 25.5 Å². The summed E-state index contributed by atoms with van der Waals surface area (Å²) in [6, 6.07) is 14.6. The van der Waals surface area contributed by atoms with E-state index in [1.165, 1.54) is 6.21 Å². The summed E-state index contributed by atoms with van der Waals surface area (Å²) in [5.41, 5.74) is 2.25. The number of hydrogen-bond donors (Lipinski definition) is 4. The summed E-state index contributed by atoms with van der Waals surface area (Å²) in [5, 5.41) is 17.5. The van der Waals surface area contributed by atoms with Crippen LogP contribution in [0.25, 0.3) is 0 Å². The van der Waals surface area contributed by atoms with Gasteiger partial charge in [0.1, 0.15) is 12.6 Å². The zero-order valence-electron chi connectivity index (χ0n) is 18.9. The Morgan fingerprint density at radius 1 is 1.17 bits per heavy atom. The third-order valence-corrected chi connectivity index (χ3v) is 5.48. The van der Waals surface area contributed by atoms with E-state index in [1.54, 1.807) is 53.4 Å². The van der Waals surface area contributed by atoms with Crippen LogP contribution in [0.3, 0.4) is 0 Å². The molecule has 0 spiro atoms. The minimum Gasteiger partial charge on any atom is -0.480 e. The van der Waals surface area contributed by atoms with E-state index >= 15 is 0 Å². The predicted octanol–water partition coefficient (Wildman–Crippen LogP) is 1.22. The summed E-state index contributed by atoms with van der Waals surface area (Å²) in [4.78, 5) is 50.2. The standard InChI is InChI=1S/C24H27N5O6/c25-27-13-16-6-8-19(9-7-16)29-11-10-18(22(29)31)12-21(30)26-14-20(23(32)33)28-24(34)35-15-17-4-2-1-3-5-17/h1-9,13,18,20H,10-12,14-15,25H2,(H,26,30)(H,28,34)(H,32,33)/t18-,20-/m0/s1. The maximum atomic E-state index is 12.8. The highest BCUT2D eigenvalue weighted by Gasteiger charge is 2.34. The van der Waals surface area contributed by atoms with Crippen LogP contribution in [0.1, 0.15) is 24.0 Å². The van der Waals surface area contributed by atoms with Gasteiger partial charge in [-0.1, -0.05) is 42.5 Å². The molecule has 0 aliphatic carbocycles. The van der Waals surface area contributed by atoms with Gasteiger partial charge in [-0.2, -0.15) is 5.10 Å². The first-order valence-electron chi connectivity index (χ1n) is 11.0. The van der Waals surface area contributed by atoms with Crippen LogP contribution in [-0.2, 0) is 25.7 Å². The second kappa shape index (κ2) is 12.2.